The summed E-state index contributed by atoms with van der Waals surface area (Å²) in [6.07, 6.45) is 7.33. The van der Waals surface area contributed by atoms with E-state index in [0.29, 0.717) is 24.4 Å². The van der Waals surface area contributed by atoms with E-state index in [1.54, 1.807) is 0 Å². The molecule has 0 aliphatic heterocycles. The molecular weight excluding hydrogens is 210 g/mol. The molecule has 0 radical (unpaired) electrons. The summed E-state index contributed by atoms with van der Waals surface area (Å²) in [5, 5.41) is 0. The topological polar surface area (TPSA) is 20.3 Å². The summed E-state index contributed by atoms with van der Waals surface area (Å²) in [6, 6.07) is 0.844. The summed E-state index contributed by atoms with van der Waals surface area (Å²) in [6.45, 7) is 10.9. The summed E-state index contributed by atoms with van der Waals surface area (Å²) in [4.78, 5) is 14.4. The van der Waals surface area contributed by atoms with Crippen LogP contribution in [0.15, 0.2) is 0 Å². The van der Waals surface area contributed by atoms with Crippen LogP contribution in [0.5, 0.6) is 0 Å². The molecule has 0 saturated heterocycles. The van der Waals surface area contributed by atoms with Crippen molar-refractivity contribution in [3.05, 3.63) is 0 Å². The number of carbonyl (C=O) groups is 1. The van der Waals surface area contributed by atoms with Crippen LogP contribution in [0.4, 0.5) is 0 Å². The van der Waals surface area contributed by atoms with Crippen molar-refractivity contribution in [1.29, 1.82) is 0 Å². The smallest absolute Gasteiger partial charge is 0.223 e. The first-order valence-electron chi connectivity index (χ1n) is 7.43. The van der Waals surface area contributed by atoms with Gasteiger partial charge in [-0.05, 0) is 32.6 Å². The first-order chi connectivity index (χ1) is 8.12. The first kappa shape index (κ1) is 16.5. The molecule has 0 saturated carbocycles. The summed E-state index contributed by atoms with van der Waals surface area (Å²) in [5.41, 5.74) is 0. The van der Waals surface area contributed by atoms with E-state index in [1.165, 1.54) is 0 Å². The Morgan fingerprint density at radius 1 is 1.00 bits per heavy atom. The Kier molecular flexibility index (Phi) is 9.20. The zero-order chi connectivity index (χ0) is 13.3. The van der Waals surface area contributed by atoms with Crippen LogP contribution >= 0.6 is 0 Å². The number of nitrogens with zero attached hydrogens (tertiary/aromatic N) is 1. The van der Waals surface area contributed by atoms with E-state index in [9.17, 15) is 4.79 Å². The van der Waals surface area contributed by atoms with E-state index < -0.39 is 0 Å². The maximum absolute atomic E-state index is 12.3. The fourth-order valence-corrected chi connectivity index (χ4v) is 2.44. The average Bonchev–Trinajstić information content (AvgIpc) is 2.30. The van der Waals surface area contributed by atoms with Gasteiger partial charge in [-0.1, -0.05) is 40.5 Å². The summed E-state index contributed by atoms with van der Waals surface area (Å²) >= 11 is 0. The largest absolute Gasteiger partial charge is 0.337 e. The second-order valence-corrected chi connectivity index (χ2v) is 5.04. The highest BCUT2D eigenvalue weighted by molar-refractivity contribution is 5.76. The zero-order valence-electron chi connectivity index (χ0n) is 12.5. The van der Waals surface area contributed by atoms with Gasteiger partial charge in [0.1, 0.15) is 0 Å². The maximum Gasteiger partial charge on any atom is 0.223 e. The van der Waals surface area contributed by atoms with Gasteiger partial charge in [0.05, 0.1) is 0 Å². The third-order valence-corrected chi connectivity index (χ3v) is 3.45. The van der Waals surface area contributed by atoms with Crippen molar-refractivity contribution in [2.45, 2.75) is 91.6 Å². The van der Waals surface area contributed by atoms with Crippen molar-refractivity contribution in [1.82, 2.24) is 4.90 Å². The maximum atomic E-state index is 12.3. The predicted molar refractivity (Wildman–Crippen MR) is 75.1 cm³/mol. The van der Waals surface area contributed by atoms with Gasteiger partial charge in [0.15, 0.2) is 0 Å². The van der Waals surface area contributed by atoms with Gasteiger partial charge < -0.3 is 4.90 Å². The number of carbonyl (C=O) groups excluding carboxylic acids is 1. The summed E-state index contributed by atoms with van der Waals surface area (Å²) in [5.74, 6) is 0.355. The number of amides is 1. The Balaban J connectivity index is 4.76. The lowest BCUT2D eigenvalue weighted by Gasteiger charge is -2.36. The molecule has 17 heavy (non-hydrogen) atoms. The van der Waals surface area contributed by atoms with Crippen molar-refractivity contribution >= 4 is 5.91 Å². The third kappa shape index (κ3) is 5.56. The molecule has 0 heterocycles. The number of rotatable bonds is 9. The first-order valence-corrected chi connectivity index (χ1v) is 7.43. The van der Waals surface area contributed by atoms with Crippen molar-refractivity contribution in [3.8, 4) is 0 Å². The number of hydrogen-bond donors (Lipinski definition) is 0. The lowest BCUT2D eigenvalue weighted by molar-refractivity contribution is -0.136. The quantitative estimate of drug-likeness (QED) is 0.586. The van der Waals surface area contributed by atoms with E-state index in [0.717, 1.165) is 38.5 Å². The van der Waals surface area contributed by atoms with Crippen molar-refractivity contribution in [3.63, 3.8) is 0 Å². The molecule has 102 valence electrons. The molecule has 0 rings (SSSR count). The highest BCUT2D eigenvalue weighted by atomic mass is 16.2. The van der Waals surface area contributed by atoms with Gasteiger partial charge >= 0.3 is 0 Å². The zero-order valence-corrected chi connectivity index (χ0v) is 12.5. The van der Waals surface area contributed by atoms with Crippen molar-refractivity contribution < 1.29 is 4.79 Å². The van der Waals surface area contributed by atoms with Gasteiger partial charge in [-0.2, -0.15) is 0 Å². The molecule has 0 N–H and O–H groups in total. The molecule has 0 aromatic carbocycles. The van der Waals surface area contributed by atoms with Gasteiger partial charge in [-0.3, -0.25) is 4.79 Å². The monoisotopic (exact) mass is 241 g/mol. The molecule has 0 aliphatic rings. The second kappa shape index (κ2) is 9.49. The minimum absolute atomic E-state index is 0.355. The van der Waals surface area contributed by atoms with Gasteiger partial charge in [-0.25, -0.2) is 0 Å². The Labute approximate surface area is 108 Å². The molecule has 1 unspecified atom stereocenters. The molecule has 2 heteroatoms. The van der Waals surface area contributed by atoms with Crippen LogP contribution in [0.2, 0.25) is 0 Å². The fourth-order valence-electron chi connectivity index (χ4n) is 2.44. The second-order valence-electron chi connectivity index (χ2n) is 5.04. The molecule has 0 bridgehead atoms. The summed E-state index contributed by atoms with van der Waals surface area (Å²) < 4.78 is 0. The standard InChI is InChI=1S/C15H31NO/c1-6-10-14(11-7-2)16(13(5)9-4)15(17)12-8-3/h13-14H,6-12H2,1-5H3. The van der Waals surface area contributed by atoms with Crippen LogP contribution in [0, 0.1) is 0 Å². The minimum Gasteiger partial charge on any atom is -0.337 e. The third-order valence-electron chi connectivity index (χ3n) is 3.45. The number of hydrogen-bond acceptors (Lipinski definition) is 1. The molecule has 0 aliphatic carbocycles. The SMILES string of the molecule is CCCC(=O)N(C(C)CC)C(CCC)CCC. The molecule has 2 nitrogen and oxygen atoms in total. The van der Waals surface area contributed by atoms with Gasteiger partial charge in [0.25, 0.3) is 0 Å². The lowest BCUT2D eigenvalue weighted by atomic mass is 10.0. The molecule has 0 aromatic heterocycles. The van der Waals surface area contributed by atoms with E-state index in [4.69, 9.17) is 0 Å². The average molecular weight is 241 g/mol. The van der Waals surface area contributed by atoms with E-state index in [-0.39, 0.29) is 0 Å². The normalized spacial score (nSPS) is 12.8. The van der Waals surface area contributed by atoms with E-state index >= 15 is 0 Å². The van der Waals surface area contributed by atoms with Crippen LogP contribution in [0.1, 0.15) is 79.6 Å². The van der Waals surface area contributed by atoms with Crippen LogP contribution < -0.4 is 0 Å². The Morgan fingerprint density at radius 3 is 1.88 bits per heavy atom. The Bertz CT molecular complexity index is 197. The summed E-state index contributed by atoms with van der Waals surface area (Å²) in [7, 11) is 0. The van der Waals surface area contributed by atoms with Gasteiger partial charge in [0, 0.05) is 18.5 Å². The van der Waals surface area contributed by atoms with E-state index in [1.807, 2.05) is 0 Å². The van der Waals surface area contributed by atoms with Gasteiger partial charge in [-0.15, -0.1) is 0 Å². The van der Waals surface area contributed by atoms with Crippen molar-refractivity contribution in [2.75, 3.05) is 0 Å². The Morgan fingerprint density at radius 2 is 1.53 bits per heavy atom. The fraction of sp³-hybridized carbons (Fsp3) is 0.933. The predicted octanol–water partition coefficient (Wildman–Crippen LogP) is 4.38. The van der Waals surface area contributed by atoms with Gasteiger partial charge in [0.2, 0.25) is 5.91 Å². The highest BCUT2D eigenvalue weighted by Gasteiger charge is 2.25. The minimum atomic E-state index is 0.355. The molecule has 1 amide bonds. The molecule has 1 atom stereocenters. The highest BCUT2D eigenvalue weighted by Crippen LogP contribution is 2.19. The molecule has 0 aromatic rings. The lowest BCUT2D eigenvalue weighted by Crippen LogP contribution is -2.45. The van der Waals surface area contributed by atoms with Crippen LogP contribution in [-0.2, 0) is 4.79 Å². The van der Waals surface area contributed by atoms with Crippen LogP contribution in [0.25, 0.3) is 0 Å². The van der Waals surface area contributed by atoms with E-state index in [2.05, 4.69) is 39.5 Å². The van der Waals surface area contributed by atoms with Crippen molar-refractivity contribution in [2.24, 2.45) is 0 Å². The molecule has 0 spiro atoms. The van der Waals surface area contributed by atoms with Crippen LogP contribution in [0.3, 0.4) is 0 Å². The Hall–Kier alpha value is -0.530. The van der Waals surface area contributed by atoms with Crippen LogP contribution in [-0.4, -0.2) is 22.9 Å². The molecule has 0 fully saturated rings. The molecular formula is C15H31NO.